The van der Waals surface area contributed by atoms with Crippen LogP contribution in [0.15, 0.2) is 59.9 Å². The molecule has 1 unspecified atom stereocenters. The third-order valence-corrected chi connectivity index (χ3v) is 5.69. The number of carbonyl (C=O) groups is 3. The van der Waals surface area contributed by atoms with Gasteiger partial charge in [-0.1, -0.05) is 65.8 Å². The quantitative estimate of drug-likeness (QED) is 0.650. The Bertz CT molecular complexity index is 1110. The number of aliphatic hydroxyl groups is 1. The molecule has 1 heterocycles. The Morgan fingerprint density at radius 1 is 0.909 bits per heavy atom. The number of aliphatic hydroxyl groups excluding tert-OH is 1. The second kappa shape index (κ2) is 8.50. The number of Topliss-reactive ketones (excluding diaryl/α,β-unsaturated/α-hetero) is 1. The first kappa shape index (κ1) is 24.2. The second-order valence-electron chi connectivity index (χ2n) is 10.5. The van der Waals surface area contributed by atoms with E-state index in [4.69, 9.17) is 0 Å². The van der Waals surface area contributed by atoms with E-state index in [0.717, 1.165) is 11.1 Å². The number of amides is 2. The lowest BCUT2D eigenvalue weighted by molar-refractivity contribution is -0.123. The number of rotatable bonds is 4. The Balaban J connectivity index is 2.13. The van der Waals surface area contributed by atoms with Crippen molar-refractivity contribution in [2.24, 2.45) is 5.41 Å². The van der Waals surface area contributed by atoms with Crippen LogP contribution in [0.5, 0.6) is 0 Å². The van der Waals surface area contributed by atoms with Gasteiger partial charge in [-0.3, -0.25) is 19.3 Å². The van der Waals surface area contributed by atoms with E-state index in [2.05, 4.69) is 26.1 Å². The summed E-state index contributed by atoms with van der Waals surface area (Å²) in [5, 5.41) is 13.5. The molecule has 0 fully saturated rings. The van der Waals surface area contributed by atoms with Gasteiger partial charge in [-0.05, 0) is 40.8 Å². The van der Waals surface area contributed by atoms with E-state index in [-0.39, 0.29) is 22.7 Å². The monoisotopic (exact) mass is 448 g/mol. The van der Waals surface area contributed by atoms with Gasteiger partial charge in [0.25, 0.3) is 5.91 Å². The number of ketones is 1. The lowest BCUT2D eigenvalue weighted by Crippen LogP contribution is -2.32. The number of nitrogens with zero attached hydrogens (tertiary/aromatic N) is 1. The fraction of sp³-hybridized carbons (Fsp3) is 0.370. The number of nitrogens with one attached hydrogen (secondary N) is 1. The number of benzene rings is 2. The van der Waals surface area contributed by atoms with E-state index < -0.39 is 23.1 Å². The van der Waals surface area contributed by atoms with E-state index in [1.165, 1.54) is 11.8 Å². The highest BCUT2D eigenvalue weighted by Crippen LogP contribution is 2.43. The number of hydrogen-bond acceptors (Lipinski definition) is 4. The van der Waals surface area contributed by atoms with Gasteiger partial charge in [-0.15, -0.1) is 0 Å². The Morgan fingerprint density at radius 2 is 1.45 bits per heavy atom. The highest BCUT2D eigenvalue weighted by atomic mass is 16.3. The molecule has 1 aliphatic heterocycles. The molecule has 2 aromatic rings. The summed E-state index contributed by atoms with van der Waals surface area (Å²) >= 11 is 0. The van der Waals surface area contributed by atoms with Gasteiger partial charge < -0.3 is 10.4 Å². The van der Waals surface area contributed by atoms with Crippen molar-refractivity contribution in [2.45, 2.75) is 59.9 Å². The van der Waals surface area contributed by atoms with Crippen molar-refractivity contribution in [3.8, 4) is 0 Å². The van der Waals surface area contributed by atoms with Crippen molar-refractivity contribution in [3.63, 3.8) is 0 Å². The first-order valence-corrected chi connectivity index (χ1v) is 11.0. The fourth-order valence-electron chi connectivity index (χ4n) is 3.90. The largest absolute Gasteiger partial charge is 0.503 e. The van der Waals surface area contributed by atoms with E-state index in [1.807, 2.05) is 24.3 Å². The van der Waals surface area contributed by atoms with Crippen LogP contribution in [-0.2, 0) is 19.8 Å². The predicted octanol–water partition coefficient (Wildman–Crippen LogP) is 5.46. The molecule has 0 saturated carbocycles. The van der Waals surface area contributed by atoms with Crippen LogP contribution in [0.1, 0.15) is 65.6 Å². The maximum Gasteiger partial charge on any atom is 0.294 e. The normalized spacial score (nSPS) is 16.9. The molecule has 1 aliphatic rings. The molecule has 0 spiro atoms. The Labute approximate surface area is 195 Å². The summed E-state index contributed by atoms with van der Waals surface area (Å²) in [5.41, 5.74) is 2.23. The number of anilines is 2. The molecular weight excluding hydrogens is 416 g/mol. The molecule has 174 valence electrons. The average Bonchev–Trinajstić information content (AvgIpc) is 2.97. The SMILES string of the molecule is CC(=O)Nc1ccc(N2C(=O)C(O)=C(C(=O)C(C)(C)C)C2c2ccc(C(C)(C)C)cc2)cc1. The minimum absolute atomic E-state index is 0.0503. The van der Waals surface area contributed by atoms with E-state index in [0.29, 0.717) is 11.4 Å². The highest BCUT2D eigenvalue weighted by Gasteiger charge is 2.46. The standard InChI is InChI=1S/C27H32N2O4/c1-16(30)28-19-12-14-20(15-13-19)29-22(17-8-10-18(11-9-17)26(2,3)4)21(23(31)25(29)33)24(32)27(5,6)7/h8-15,22,31H,1-7H3,(H,28,30). The van der Waals surface area contributed by atoms with Gasteiger partial charge in [0, 0.05) is 23.7 Å². The van der Waals surface area contributed by atoms with Crippen LogP contribution in [0.25, 0.3) is 0 Å². The van der Waals surface area contributed by atoms with Crippen molar-refractivity contribution < 1.29 is 19.5 Å². The van der Waals surface area contributed by atoms with E-state index in [9.17, 15) is 19.5 Å². The van der Waals surface area contributed by atoms with Crippen LogP contribution in [0.4, 0.5) is 11.4 Å². The molecule has 2 N–H and O–H groups in total. The summed E-state index contributed by atoms with van der Waals surface area (Å²) in [5.74, 6) is -1.63. The van der Waals surface area contributed by atoms with Crippen molar-refractivity contribution in [2.75, 3.05) is 10.2 Å². The topological polar surface area (TPSA) is 86.7 Å². The van der Waals surface area contributed by atoms with Crippen LogP contribution < -0.4 is 10.2 Å². The summed E-state index contributed by atoms with van der Waals surface area (Å²) in [6, 6.07) is 13.8. The van der Waals surface area contributed by atoms with Gasteiger partial charge in [-0.25, -0.2) is 0 Å². The zero-order valence-electron chi connectivity index (χ0n) is 20.3. The van der Waals surface area contributed by atoms with Crippen LogP contribution in [0.3, 0.4) is 0 Å². The zero-order chi connectivity index (χ0) is 24.7. The molecule has 0 bridgehead atoms. The first-order valence-electron chi connectivity index (χ1n) is 11.0. The van der Waals surface area contributed by atoms with Gasteiger partial charge >= 0.3 is 0 Å². The summed E-state index contributed by atoms with van der Waals surface area (Å²) in [6.45, 7) is 13.1. The first-order chi connectivity index (χ1) is 15.2. The van der Waals surface area contributed by atoms with Gasteiger partial charge in [-0.2, -0.15) is 0 Å². The Hall–Kier alpha value is -3.41. The molecule has 0 aromatic heterocycles. The summed E-state index contributed by atoms with van der Waals surface area (Å²) in [6.07, 6.45) is 0. The fourth-order valence-corrected chi connectivity index (χ4v) is 3.90. The molecule has 1 atom stereocenters. The number of carbonyl (C=O) groups excluding carboxylic acids is 3. The molecule has 0 saturated heterocycles. The van der Waals surface area contributed by atoms with Gasteiger partial charge in [0.05, 0.1) is 11.6 Å². The Morgan fingerprint density at radius 3 is 1.91 bits per heavy atom. The summed E-state index contributed by atoms with van der Waals surface area (Å²) in [7, 11) is 0. The third kappa shape index (κ3) is 4.85. The third-order valence-electron chi connectivity index (χ3n) is 5.69. The van der Waals surface area contributed by atoms with E-state index in [1.54, 1.807) is 45.0 Å². The molecule has 6 nitrogen and oxygen atoms in total. The molecule has 0 radical (unpaired) electrons. The van der Waals surface area contributed by atoms with Crippen LogP contribution in [-0.4, -0.2) is 22.7 Å². The van der Waals surface area contributed by atoms with Crippen LogP contribution in [0.2, 0.25) is 0 Å². The molecular formula is C27H32N2O4. The van der Waals surface area contributed by atoms with Crippen molar-refractivity contribution in [3.05, 3.63) is 71.0 Å². The van der Waals surface area contributed by atoms with Crippen molar-refractivity contribution in [1.82, 2.24) is 0 Å². The molecule has 6 heteroatoms. The highest BCUT2D eigenvalue weighted by molar-refractivity contribution is 6.17. The average molecular weight is 449 g/mol. The maximum absolute atomic E-state index is 13.3. The maximum atomic E-state index is 13.3. The lowest BCUT2D eigenvalue weighted by Gasteiger charge is -2.29. The summed E-state index contributed by atoms with van der Waals surface area (Å²) in [4.78, 5) is 39.3. The second-order valence-corrected chi connectivity index (χ2v) is 10.5. The van der Waals surface area contributed by atoms with Crippen LogP contribution in [0, 0.1) is 5.41 Å². The lowest BCUT2D eigenvalue weighted by atomic mass is 9.81. The summed E-state index contributed by atoms with van der Waals surface area (Å²) < 4.78 is 0. The van der Waals surface area contributed by atoms with Gasteiger partial charge in [0.15, 0.2) is 11.5 Å². The molecule has 33 heavy (non-hydrogen) atoms. The van der Waals surface area contributed by atoms with Gasteiger partial charge in [0.1, 0.15) is 0 Å². The van der Waals surface area contributed by atoms with Gasteiger partial charge in [0.2, 0.25) is 5.91 Å². The number of hydrogen-bond donors (Lipinski definition) is 2. The Kier molecular flexibility index (Phi) is 6.25. The molecule has 2 aromatic carbocycles. The minimum atomic E-state index is -0.779. The zero-order valence-corrected chi connectivity index (χ0v) is 20.3. The molecule has 0 aliphatic carbocycles. The smallest absolute Gasteiger partial charge is 0.294 e. The van der Waals surface area contributed by atoms with Crippen molar-refractivity contribution >= 4 is 29.0 Å². The minimum Gasteiger partial charge on any atom is -0.503 e. The van der Waals surface area contributed by atoms with Crippen LogP contribution >= 0.6 is 0 Å². The molecule has 2 amide bonds. The predicted molar refractivity (Wildman–Crippen MR) is 130 cm³/mol. The molecule has 3 rings (SSSR count). The van der Waals surface area contributed by atoms with Crippen molar-refractivity contribution in [1.29, 1.82) is 0 Å². The van der Waals surface area contributed by atoms with E-state index >= 15 is 0 Å².